The van der Waals surface area contributed by atoms with Crippen molar-refractivity contribution in [2.75, 3.05) is 37.8 Å². The van der Waals surface area contributed by atoms with Gasteiger partial charge in [0.25, 0.3) is 0 Å². The van der Waals surface area contributed by atoms with Crippen molar-refractivity contribution in [3.63, 3.8) is 0 Å². The number of hydrogen-bond donors (Lipinski definition) is 1. The highest BCUT2D eigenvalue weighted by molar-refractivity contribution is 6.35. The van der Waals surface area contributed by atoms with Crippen molar-refractivity contribution >= 4 is 34.9 Å². The van der Waals surface area contributed by atoms with Crippen LogP contribution in [-0.4, -0.2) is 43.8 Å². The van der Waals surface area contributed by atoms with Gasteiger partial charge in [0.15, 0.2) is 0 Å². The summed E-state index contributed by atoms with van der Waals surface area (Å²) in [6.07, 6.45) is 2.74. The fourth-order valence-electron chi connectivity index (χ4n) is 2.92. The number of pyridine rings is 1. The third-order valence-electron chi connectivity index (χ3n) is 4.35. The van der Waals surface area contributed by atoms with Gasteiger partial charge in [0, 0.05) is 42.8 Å². The van der Waals surface area contributed by atoms with Crippen LogP contribution in [0.15, 0.2) is 36.5 Å². The average Bonchev–Trinajstić information content (AvgIpc) is 2.72. The number of carbonyl (C=O) groups excluding carboxylic acids is 1. The summed E-state index contributed by atoms with van der Waals surface area (Å²) in [5, 5.41) is 3.98. The van der Waals surface area contributed by atoms with Crippen molar-refractivity contribution in [3.8, 4) is 5.75 Å². The van der Waals surface area contributed by atoms with E-state index in [1.807, 2.05) is 12.1 Å². The van der Waals surface area contributed by atoms with E-state index < -0.39 is 0 Å². The Bertz CT molecular complexity index is 798. The Morgan fingerprint density at radius 3 is 2.86 bits per heavy atom. The summed E-state index contributed by atoms with van der Waals surface area (Å²) in [4.78, 5) is 18.8. The molecule has 8 heteroatoms. The second-order valence-electron chi connectivity index (χ2n) is 6.39. The summed E-state index contributed by atoms with van der Waals surface area (Å²) in [5.41, 5.74) is 1.00. The first-order chi connectivity index (χ1) is 13.6. The van der Waals surface area contributed by atoms with E-state index in [0.717, 1.165) is 24.5 Å². The van der Waals surface area contributed by atoms with Gasteiger partial charge in [-0.05, 0) is 30.7 Å². The number of nitrogens with zero attached hydrogens (tertiary/aromatic N) is 2. The van der Waals surface area contributed by atoms with Crippen LogP contribution in [0.1, 0.15) is 18.4 Å². The van der Waals surface area contributed by atoms with Gasteiger partial charge in [0.1, 0.15) is 11.6 Å². The molecule has 1 aromatic carbocycles. The van der Waals surface area contributed by atoms with Crippen LogP contribution >= 0.6 is 23.2 Å². The molecule has 1 aliphatic rings. The number of hydrogen-bond acceptors (Lipinski definition) is 5. The van der Waals surface area contributed by atoms with Gasteiger partial charge in [-0.2, -0.15) is 0 Å². The van der Waals surface area contributed by atoms with E-state index in [9.17, 15) is 4.79 Å². The summed E-state index contributed by atoms with van der Waals surface area (Å²) in [6, 6.07) is 8.94. The molecule has 1 aromatic heterocycles. The van der Waals surface area contributed by atoms with Gasteiger partial charge >= 0.3 is 0 Å². The fourth-order valence-corrected chi connectivity index (χ4v) is 3.38. The molecule has 28 heavy (non-hydrogen) atoms. The summed E-state index contributed by atoms with van der Waals surface area (Å²) >= 11 is 11.9. The highest BCUT2D eigenvalue weighted by atomic mass is 35.5. The van der Waals surface area contributed by atoms with Crippen LogP contribution in [0.25, 0.3) is 0 Å². The molecule has 6 nitrogen and oxygen atoms in total. The minimum atomic E-state index is -0.0254. The number of nitrogens with one attached hydrogen (secondary N) is 1. The normalized spacial score (nSPS) is 14.0. The first kappa shape index (κ1) is 20.7. The topological polar surface area (TPSA) is 63.7 Å². The number of morpholine rings is 1. The van der Waals surface area contributed by atoms with Gasteiger partial charge < -0.3 is 19.7 Å². The zero-order valence-corrected chi connectivity index (χ0v) is 17.0. The molecule has 0 spiro atoms. The van der Waals surface area contributed by atoms with Crippen LogP contribution < -0.4 is 15.0 Å². The summed E-state index contributed by atoms with van der Waals surface area (Å²) in [7, 11) is 0. The van der Waals surface area contributed by atoms with Gasteiger partial charge in [-0.25, -0.2) is 4.98 Å². The Kier molecular flexibility index (Phi) is 7.77. The number of halogens is 2. The monoisotopic (exact) mass is 423 g/mol. The third-order valence-corrected chi connectivity index (χ3v) is 4.88. The Balaban J connectivity index is 1.42. The molecule has 0 unspecified atom stereocenters. The molecule has 1 aliphatic heterocycles. The number of anilines is 1. The van der Waals surface area contributed by atoms with Gasteiger partial charge in [-0.1, -0.05) is 29.3 Å². The molecule has 0 saturated carbocycles. The minimum absolute atomic E-state index is 0.0254. The SMILES string of the molecule is O=C(CCCOc1ccc(Cl)cc1Cl)NCc1cccnc1N1CCOCC1. The van der Waals surface area contributed by atoms with Crippen molar-refractivity contribution in [2.45, 2.75) is 19.4 Å². The number of benzene rings is 1. The number of aromatic nitrogens is 1. The zero-order chi connectivity index (χ0) is 19.8. The first-order valence-electron chi connectivity index (χ1n) is 9.24. The summed E-state index contributed by atoms with van der Waals surface area (Å²) < 4.78 is 11.0. The zero-order valence-electron chi connectivity index (χ0n) is 15.5. The Morgan fingerprint density at radius 1 is 1.25 bits per heavy atom. The number of amides is 1. The van der Waals surface area contributed by atoms with Gasteiger partial charge in [-0.15, -0.1) is 0 Å². The average molecular weight is 424 g/mol. The molecule has 3 rings (SSSR count). The first-order valence-corrected chi connectivity index (χ1v) is 10.0. The van der Waals surface area contributed by atoms with Gasteiger partial charge in [0.05, 0.1) is 24.8 Å². The molecule has 2 aromatic rings. The highest BCUT2D eigenvalue weighted by Crippen LogP contribution is 2.27. The highest BCUT2D eigenvalue weighted by Gasteiger charge is 2.16. The molecule has 2 heterocycles. The van der Waals surface area contributed by atoms with E-state index in [-0.39, 0.29) is 5.91 Å². The minimum Gasteiger partial charge on any atom is -0.492 e. The van der Waals surface area contributed by atoms with Crippen LogP contribution in [0.4, 0.5) is 5.82 Å². The molecule has 0 aliphatic carbocycles. The molecule has 0 atom stereocenters. The molecule has 1 amide bonds. The molecule has 1 N–H and O–H groups in total. The van der Waals surface area contributed by atoms with Crippen LogP contribution in [-0.2, 0) is 16.1 Å². The Labute approximate surface area is 174 Å². The number of carbonyl (C=O) groups is 1. The van der Waals surface area contributed by atoms with Crippen molar-refractivity contribution < 1.29 is 14.3 Å². The molecule has 1 saturated heterocycles. The maximum Gasteiger partial charge on any atom is 0.220 e. The second-order valence-corrected chi connectivity index (χ2v) is 7.23. The molecule has 150 valence electrons. The lowest BCUT2D eigenvalue weighted by molar-refractivity contribution is -0.121. The Hall–Kier alpha value is -2.02. The fraction of sp³-hybridized carbons (Fsp3) is 0.400. The quantitative estimate of drug-likeness (QED) is 0.655. The van der Waals surface area contributed by atoms with E-state index in [4.69, 9.17) is 32.7 Å². The number of ether oxygens (including phenoxy) is 2. The molecule has 1 fully saturated rings. The molecule has 0 bridgehead atoms. The molecule has 0 radical (unpaired) electrons. The summed E-state index contributed by atoms with van der Waals surface area (Å²) in [5.74, 6) is 1.45. The maximum atomic E-state index is 12.2. The largest absolute Gasteiger partial charge is 0.492 e. The smallest absolute Gasteiger partial charge is 0.220 e. The van der Waals surface area contributed by atoms with E-state index >= 15 is 0 Å². The predicted octanol–water partition coefficient (Wildman–Crippen LogP) is 3.70. The number of rotatable bonds is 8. The lowest BCUT2D eigenvalue weighted by atomic mass is 10.2. The van der Waals surface area contributed by atoms with Crippen molar-refractivity contribution in [3.05, 3.63) is 52.1 Å². The summed E-state index contributed by atoms with van der Waals surface area (Å²) in [6.45, 7) is 3.86. The van der Waals surface area contributed by atoms with E-state index in [0.29, 0.717) is 55.0 Å². The molecular formula is C20H23Cl2N3O3. The lowest BCUT2D eigenvalue weighted by Gasteiger charge is -2.29. The third kappa shape index (κ3) is 5.99. The predicted molar refractivity (Wildman–Crippen MR) is 110 cm³/mol. The van der Waals surface area contributed by atoms with Crippen LogP contribution in [0.5, 0.6) is 5.75 Å². The van der Waals surface area contributed by atoms with Crippen molar-refractivity contribution in [1.82, 2.24) is 10.3 Å². The van der Waals surface area contributed by atoms with Crippen molar-refractivity contribution in [1.29, 1.82) is 0 Å². The van der Waals surface area contributed by atoms with Crippen LogP contribution in [0.2, 0.25) is 10.0 Å². The van der Waals surface area contributed by atoms with Gasteiger partial charge in [0.2, 0.25) is 5.91 Å². The Morgan fingerprint density at radius 2 is 2.07 bits per heavy atom. The lowest BCUT2D eigenvalue weighted by Crippen LogP contribution is -2.37. The van der Waals surface area contributed by atoms with Crippen molar-refractivity contribution in [2.24, 2.45) is 0 Å². The molecular weight excluding hydrogens is 401 g/mol. The van der Waals surface area contributed by atoms with E-state index in [2.05, 4.69) is 15.2 Å². The van der Waals surface area contributed by atoms with Gasteiger partial charge in [-0.3, -0.25) is 4.79 Å². The van der Waals surface area contributed by atoms with E-state index in [1.54, 1.807) is 24.4 Å². The van der Waals surface area contributed by atoms with Crippen LogP contribution in [0, 0.1) is 0 Å². The van der Waals surface area contributed by atoms with Crippen LogP contribution in [0.3, 0.4) is 0 Å². The standard InChI is InChI=1S/C20H23Cl2N3O3/c21-16-5-6-18(17(22)13-16)28-10-2-4-19(26)24-14-15-3-1-7-23-20(15)25-8-11-27-12-9-25/h1,3,5-7,13H,2,4,8-12,14H2,(H,24,26). The van der Waals surface area contributed by atoms with E-state index in [1.165, 1.54) is 0 Å². The maximum absolute atomic E-state index is 12.2. The second kappa shape index (κ2) is 10.5.